The van der Waals surface area contributed by atoms with Crippen LogP contribution < -0.4 is 10.6 Å². The molecule has 0 bridgehead atoms. The Labute approximate surface area is 90.5 Å². The van der Waals surface area contributed by atoms with Crippen molar-refractivity contribution in [1.29, 1.82) is 0 Å². The second kappa shape index (κ2) is 5.34. The lowest BCUT2D eigenvalue weighted by molar-refractivity contribution is 0.237. The van der Waals surface area contributed by atoms with E-state index in [9.17, 15) is 13.2 Å². The first-order valence-corrected chi connectivity index (χ1v) is 7.25. The molecule has 1 rings (SSSR count). The molecule has 0 aromatic carbocycles. The van der Waals surface area contributed by atoms with Crippen LogP contribution in [0.1, 0.15) is 25.7 Å². The van der Waals surface area contributed by atoms with Gasteiger partial charge in [-0.25, -0.2) is 13.2 Å². The molecule has 15 heavy (non-hydrogen) atoms. The number of hydrogen-bond donors (Lipinski definition) is 2. The van der Waals surface area contributed by atoms with Crippen LogP contribution in [0.25, 0.3) is 0 Å². The molecule has 0 aromatic heterocycles. The molecule has 0 atom stereocenters. The van der Waals surface area contributed by atoms with Gasteiger partial charge in [-0.3, -0.25) is 0 Å². The van der Waals surface area contributed by atoms with Gasteiger partial charge in [0, 0.05) is 18.8 Å². The Morgan fingerprint density at radius 2 is 1.93 bits per heavy atom. The quantitative estimate of drug-likeness (QED) is 0.733. The second-order valence-electron chi connectivity index (χ2n) is 4.01. The first-order chi connectivity index (χ1) is 6.97. The van der Waals surface area contributed by atoms with Crippen LogP contribution in [0.2, 0.25) is 0 Å². The molecule has 0 saturated heterocycles. The molecular formula is C9H18N2O3S. The van der Waals surface area contributed by atoms with Crippen LogP contribution in [-0.2, 0) is 9.84 Å². The molecule has 0 radical (unpaired) electrons. The molecule has 5 nitrogen and oxygen atoms in total. The van der Waals surface area contributed by atoms with E-state index >= 15 is 0 Å². The molecule has 1 aliphatic rings. The summed E-state index contributed by atoms with van der Waals surface area (Å²) in [7, 11) is -2.99. The molecule has 0 unspecified atom stereocenters. The minimum Gasteiger partial charge on any atom is -0.337 e. The summed E-state index contributed by atoms with van der Waals surface area (Å²) in [6.07, 6.45) is 5.53. The Morgan fingerprint density at radius 3 is 2.47 bits per heavy atom. The minimum atomic E-state index is -2.99. The van der Waals surface area contributed by atoms with Crippen molar-refractivity contribution in [2.45, 2.75) is 31.7 Å². The summed E-state index contributed by atoms with van der Waals surface area (Å²) in [5.74, 6) is -0.00884. The van der Waals surface area contributed by atoms with Crippen molar-refractivity contribution >= 4 is 15.9 Å². The second-order valence-corrected chi connectivity index (χ2v) is 6.27. The average molecular weight is 234 g/mol. The number of carbonyl (C=O) groups excluding carboxylic acids is 1. The minimum absolute atomic E-state index is 0.00884. The highest BCUT2D eigenvalue weighted by Gasteiger charge is 2.16. The predicted molar refractivity (Wildman–Crippen MR) is 58.5 cm³/mol. The van der Waals surface area contributed by atoms with E-state index in [4.69, 9.17) is 0 Å². The number of amides is 2. The maximum absolute atomic E-state index is 11.3. The van der Waals surface area contributed by atoms with E-state index in [1.807, 2.05) is 0 Å². The summed E-state index contributed by atoms with van der Waals surface area (Å²) in [5.41, 5.74) is 0. The fraction of sp³-hybridized carbons (Fsp3) is 0.889. The number of sulfone groups is 1. The van der Waals surface area contributed by atoms with Crippen LogP contribution in [0.4, 0.5) is 4.79 Å². The summed E-state index contributed by atoms with van der Waals surface area (Å²) in [6.45, 7) is 0.178. The topological polar surface area (TPSA) is 75.3 Å². The van der Waals surface area contributed by atoms with Gasteiger partial charge < -0.3 is 10.6 Å². The van der Waals surface area contributed by atoms with Gasteiger partial charge in [0.2, 0.25) is 0 Å². The molecular weight excluding hydrogens is 216 g/mol. The van der Waals surface area contributed by atoms with Crippen LogP contribution in [0.15, 0.2) is 0 Å². The fourth-order valence-electron chi connectivity index (χ4n) is 1.66. The summed E-state index contributed by atoms with van der Waals surface area (Å²) in [4.78, 5) is 11.3. The third-order valence-electron chi connectivity index (χ3n) is 2.45. The molecule has 1 aliphatic carbocycles. The molecule has 2 amide bonds. The third-order valence-corrected chi connectivity index (χ3v) is 3.39. The highest BCUT2D eigenvalue weighted by molar-refractivity contribution is 7.90. The zero-order valence-electron chi connectivity index (χ0n) is 8.95. The first-order valence-electron chi connectivity index (χ1n) is 5.19. The van der Waals surface area contributed by atoms with Crippen LogP contribution in [-0.4, -0.2) is 39.0 Å². The van der Waals surface area contributed by atoms with Gasteiger partial charge in [0.05, 0.1) is 5.75 Å². The molecule has 88 valence electrons. The highest BCUT2D eigenvalue weighted by atomic mass is 32.2. The molecule has 1 saturated carbocycles. The Hall–Kier alpha value is -0.780. The lowest BCUT2D eigenvalue weighted by Gasteiger charge is -2.12. The van der Waals surface area contributed by atoms with Crippen molar-refractivity contribution in [2.24, 2.45) is 0 Å². The number of rotatable bonds is 4. The van der Waals surface area contributed by atoms with E-state index in [1.54, 1.807) is 0 Å². The standard InChI is InChI=1S/C9H18N2O3S/c1-15(13,14)7-6-10-9(12)11-8-4-2-3-5-8/h8H,2-7H2,1H3,(H2,10,11,12). The van der Waals surface area contributed by atoms with E-state index in [2.05, 4.69) is 10.6 Å². The molecule has 0 aliphatic heterocycles. The number of hydrogen-bond acceptors (Lipinski definition) is 3. The largest absolute Gasteiger partial charge is 0.337 e. The smallest absolute Gasteiger partial charge is 0.315 e. The molecule has 6 heteroatoms. The van der Waals surface area contributed by atoms with Crippen molar-refractivity contribution in [3.8, 4) is 0 Å². The summed E-state index contributed by atoms with van der Waals surface area (Å²) >= 11 is 0. The van der Waals surface area contributed by atoms with Crippen molar-refractivity contribution in [3.63, 3.8) is 0 Å². The number of nitrogens with one attached hydrogen (secondary N) is 2. The molecule has 2 N–H and O–H groups in total. The lowest BCUT2D eigenvalue weighted by atomic mass is 10.3. The Balaban J connectivity index is 2.13. The molecule has 0 heterocycles. The van der Waals surface area contributed by atoms with Gasteiger partial charge in [0.15, 0.2) is 0 Å². The SMILES string of the molecule is CS(=O)(=O)CCNC(=O)NC1CCCC1. The first kappa shape index (κ1) is 12.3. The van der Waals surface area contributed by atoms with Crippen LogP contribution in [0, 0.1) is 0 Å². The van der Waals surface area contributed by atoms with Crippen LogP contribution in [0.3, 0.4) is 0 Å². The van der Waals surface area contributed by atoms with E-state index < -0.39 is 9.84 Å². The summed E-state index contributed by atoms with van der Waals surface area (Å²) in [6, 6.07) is 0.00813. The van der Waals surface area contributed by atoms with E-state index in [0.717, 1.165) is 31.9 Å². The van der Waals surface area contributed by atoms with Crippen LogP contribution >= 0.6 is 0 Å². The zero-order chi connectivity index (χ0) is 11.3. The average Bonchev–Trinajstić information content (AvgIpc) is 2.54. The Kier molecular flexibility index (Phi) is 4.38. The maximum Gasteiger partial charge on any atom is 0.315 e. The number of urea groups is 1. The van der Waals surface area contributed by atoms with E-state index in [1.165, 1.54) is 0 Å². The van der Waals surface area contributed by atoms with Crippen molar-refractivity contribution in [2.75, 3.05) is 18.6 Å². The van der Waals surface area contributed by atoms with Crippen molar-refractivity contribution < 1.29 is 13.2 Å². The van der Waals surface area contributed by atoms with Crippen LogP contribution in [0.5, 0.6) is 0 Å². The van der Waals surface area contributed by atoms with Gasteiger partial charge in [-0.2, -0.15) is 0 Å². The molecule has 0 aromatic rings. The van der Waals surface area contributed by atoms with E-state index in [-0.39, 0.29) is 24.4 Å². The molecule has 0 spiro atoms. The van der Waals surface area contributed by atoms with Gasteiger partial charge in [-0.1, -0.05) is 12.8 Å². The predicted octanol–water partition coefficient (Wildman–Crippen LogP) is 0.273. The number of carbonyl (C=O) groups is 1. The molecule has 1 fully saturated rings. The highest BCUT2D eigenvalue weighted by Crippen LogP contribution is 2.17. The van der Waals surface area contributed by atoms with Gasteiger partial charge in [0.1, 0.15) is 9.84 Å². The van der Waals surface area contributed by atoms with E-state index in [0.29, 0.717) is 0 Å². The monoisotopic (exact) mass is 234 g/mol. The van der Waals surface area contributed by atoms with Gasteiger partial charge >= 0.3 is 6.03 Å². The fourth-order valence-corrected chi connectivity index (χ4v) is 2.13. The summed E-state index contributed by atoms with van der Waals surface area (Å²) < 4.78 is 21.6. The normalized spacial score (nSPS) is 17.7. The third kappa shape index (κ3) is 5.61. The summed E-state index contributed by atoms with van der Waals surface area (Å²) in [5, 5.41) is 5.36. The van der Waals surface area contributed by atoms with Crippen molar-refractivity contribution in [3.05, 3.63) is 0 Å². The van der Waals surface area contributed by atoms with Crippen molar-refractivity contribution in [1.82, 2.24) is 10.6 Å². The van der Waals surface area contributed by atoms with Gasteiger partial charge in [0.25, 0.3) is 0 Å². The Morgan fingerprint density at radius 1 is 1.33 bits per heavy atom. The van der Waals surface area contributed by atoms with Gasteiger partial charge in [-0.05, 0) is 12.8 Å². The lowest BCUT2D eigenvalue weighted by Crippen LogP contribution is -2.42. The maximum atomic E-state index is 11.3. The Bertz CT molecular complexity index is 307. The van der Waals surface area contributed by atoms with Gasteiger partial charge in [-0.15, -0.1) is 0 Å². The zero-order valence-corrected chi connectivity index (χ0v) is 9.77.